The molecule has 0 heterocycles. The zero-order valence-electron chi connectivity index (χ0n) is 19.1. The molecule has 0 atom stereocenters. The fourth-order valence-corrected chi connectivity index (χ4v) is 4.39. The van der Waals surface area contributed by atoms with Gasteiger partial charge in [-0.2, -0.15) is 0 Å². The minimum Gasteiger partial charge on any atom is -0.504 e. The van der Waals surface area contributed by atoms with Crippen LogP contribution in [0.4, 0.5) is 0 Å². The number of benzene rings is 4. The van der Waals surface area contributed by atoms with Crippen LogP contribution >= 0.6 is 0 Å². The molecule has 1 aliphatic rings. The van der Waals surface area contributed by atoms with Gasteiger partial charge in [0, 0.05) is 11.1 Å². The summed E-state index contributed by atoms with van der Waals surface area (Å²) >= 11 is 0. The third-order valence-corrected chi connectivity index (χ3v) is 6.13. The van der Waals surface area contributed by atoms with Gasteiger partial charge in [0.05, 0.1) is 0 Å². The molecule has 0 fully saturated rings. The van der Waals surface area contributed by atoms with Crippen molar-refractivity contribution in [2.45, 2.75) is 0 Å². The lowest BCUT2D eigenvalue weighted by Crippen LogP contribution is -2.15. The van der Waals surface area contributed by atoms with E-state index in [9.17, 15) is 25.2 Å². The van der Waals surface area contributed by atoms with Crippen molar-refractivity contribution >= 4 is 22.5 Å². The maximum absolute atomic E-state index is 13.4. The van der Waals surface area contributed by atoms with Crippen LogP contribution in [0.5, 0.6) is 17.2 Å². The molecule has 4 N–H and O–H groups in total. The van der Waals surface area contributed by atoms with Crippen molar-refractivity contribution in [3.8, 4) is 17.2 Å². The summed E-state index contributed by atoms with van der Waals surface area (Å²) in [6.45, 7) is 0. The zero-order chi connectivity index (χ0) is 25.2. The second-order valence-corrected chi connectivity index (χ2v) is 8.35. The van der Waals surface area contributed by atoms with Gasteiger partial charge in [-0.05, 0) is 51.6 Å². The Kier molecular flexibility index (Phi) is 5.88. The Balaban J connectivity index is 1.69. The Morgan fingerprint density at radius 3 is 1.69 bits per heavy atom. The van der Waals surface area contributed by atoms with E-state index in [1.165, 1.54) is 12.1 Å². The normalized spacial score (nSPS) is 14.0. The predicted octanol–water partition coefficient (Wildman–Crippen LogP) is 6.22. The summed E-state index contributed by atoms with van der Waals surface area (Å²) in [6.07, 6.45) is 3.57. The fourth-order valence-electron chi connectivity index (χ4n) is 4.39. The first-order valence-corrected chi connectivity index (χ1v) is 11.3. The molecule has 0 saturated heterocycles. The molecule has 0 aliphatic heterocycles. The number of rotatable bonds is 4. The topological polar surface area (TPSA) is 98.0 Å². The highest BCUT2D eigenvalue weighted by molar-refractivity contribution is 6.34. The molecule has 4 aromatic carbocycles. The van der Waals surface area contributed by atoms with E-state index in [0.29, 0.717) is 16.7 Å². The Morgan fingerprint density at radius 2 is 1.14 bits per heavy atom. The second-order valence-electron chi connectivity index (χ2n) is 8.35. The average molecular weight is 475 g/mol. The number of aliphatic hydroxyl groups is 1. The van der Waals surface area contributed by atoms with E-state index in [2.05, 4.69) is 0 Å². The summed E-state index contributed by atoms with van der Waals surface area (Å²) in [7, 11) is 0. The number of allylic oxidation sites excluding steroid dienone is 3. The Morgan fingerprint density at radius 1 is 0.639 bits per heavy atom. The quantitative estimate of drug-likeness (QED) is 0.208. The van der Waals surface area contributed by atoms with Crippen LogP contribution in [0.3, 0.4) is 0 Å². The minimum absolute atomic E-state index is 0.161. The standard InChI is InChI=1S/C31H22O5/c32-26-17-21(18-27(33)30(26)35)28-24-14-8-7-13-23(24)25(29(34)31(28)36)16-15-22(19-9-3-1-4-10-19)20-11-5-2-6-12-20/h1-18,32-33,35-36H/b25-16+. The largest absolute Gasteiger partial charge is 0.504 e. The Hall–Kier alpha value is -5.03. The van der Waals surface area contributed by atoms with Crippen molar-refractivity contribution in [2.24, 2.45) is 0 Å². The number of hydrogen-bond donors (Lipinski definition) is 4. The fraction of sp³-hybridized carbons (Fsp3) is 0. The van der Waals surface area contributed by atoms with Gasteiger partial charge in [0.25, 0.3) is 0 Å². The number of Topliss-reactive ketones (excluding diaryl/α,β-unsaturated/α-hetero) is 1. The molecule has 0 amide bonds. The van der Waals surface area contributed by atoms with Crippen LogP contribution in [0.1, 0.15) is 27.8 Å². The molecular formula is C31H22O5. The lowest BCUT2D eigenvalue weighted by atomic mass is 9.81. The highest BCUT2D eigenvalue weighted by Gasteiger charge is 2.31. The summed E-state index contributed by atoms with van der Waals surface area (Å²) in [6, 6.07) is 29.1. The number of hydrogen-bond acceptors (Lipinski definition) is 5. The molecule has 4 aromatic rings. The molecule has 0 saturated carbocycles. The Bertz CT molecular complexity index is 1500. The highest BCUT2D eigenvalue weighted by Crippen LogP contribution is 2.43. The van der Waals surface area contributed by atoms with Crippen LogP contribution in [0.25, 0.3) is 16.7 Å². The number of carbonyl (C=O) groups is 1. The molecule has 0 unspecified atom stereocenters. The minimum atomic E-state index is -0.672. The number of aromatic hydroxyl groups is 3. The molecule has 36 heavy (non-hydrogen) atoms. The van der Waals surface area contributed by atoms with E-state index in [1.54, 1.807) is 30.3 Å². The van der Waals surface area contributed by atoms with Gasteiger partial charge >= 0.3 is 0 Å². The summed E-state index contributed by atoms with van der Waals surface area (Å²) in [4.78, 5) is 13.4. The molecule has 0 radical (unpaired) electrons. The van der Waals surface area contributed by atoms with Crippen LogP contribution < -0.4 is 0 Å². The first kappa shape index (κ1) is 22.7. The van der Waals surface area contributed by atoms with E-state index in [-0.39, 0.29) is 11.1 Å². The van der Waals surface area contributed by atoms with Gasteiger partial charge in [-0.15, -0.1) is 0 Å². The monoisotopic (exact) mass is 474 g/mol. The van der Waals surface area contributed by atoms with E-state index < -0.39 is 28.8 Å². The maximum Gasteiger partial charge on any atom is 0.228 e. The van der Waals surface area contributed by atoms with Crippen LogP contribution in [0.15, 0.2) is 115 Å². The number of ketones is 1. The van der Waals surface area contributed by atoms with Crippen LogP contribution in [0.2, 0.25) is 0 Å². The molecule has 5 rings (SSSR count). The number of phenols is 3. The van der Waals surface area contributed by atoms with Crippen molar-refractivity contribution in [1.82, 2.24) is 0 Å². The van der Waals surface area contributed by atoms with Crippen molar-refractivity contribution < 1.29 is 25.2 Å². The highest BCUT2D eigenvalue weighted by atomic mass is 16.3. The van der Waals surface area contributed by atoms with Crippen molar-refractivity contribution in [2.75, 3.05) is 0 Å². The van der Waals surface area contributed by atoms with Crippen LogP contribution in [-0.4, -0.2) is 26.2 Å². The first-order valence-electron chi connectivity index (χ1n) is 11.3. The number of carbonyl (C=O) groups excluding carboxylic acids is 1. The van der Waals surface area contributed by atoms with Crippen molar-refractivity contribution in [3.05, 3.63) is 143 Å². The van der Waals surface area contributed by atoms with Gasteiger partial charge in [0.1, 0.15) is 0 Å². The summed E-state index contributed by atoms with van der Waals surface area (Å²) in [5.74, 6) is -2.90. The van der Waals surface area contributed by atoms with Crippen LogP contribution in [-0.2, 0) is 4.79 Å². The zero-order valence-corrected chi connectivity index (χ0v) is 19.1. The third kappa shape index (κ3) is 4.03. The molecule has 1 aliphatic carbocycles. The smallest absolute Gasteiger partial charge is 0.228 e. The number of fused-ring (bicyclic) bond motifs is 1. The molecule has 5 heteroatoms. The lowest BCUT2D eigenvalue weighted by Gasteiger charge is -2.22. The summed E-state index contributed by atoms with van der Waals surface area (Å²) in [5.41, 5.74) is 4.69. The van der Waals surface area contributed by atoms with Crippen molar-refractivity contribution in [1.29, 1.82) is 0 Å². The lowest BCUT2D eigenvalue weighted by molar-refractivity contribution is -0.112. The van der Waals surface area contributed by atoms with Gasteiger partial charge in [-0.25, -0.2) is 0 Å². The van der Waals surface area contributed by atoms with Gasteiger partial charge in [0.15, 0.2) is 23.0 Å². The van der Waals surface area contributed by atoms with E-state index >= 15 is 0 Å². The van der Waals surface area contributed by atoms with Gasteiger partial charge in [0.2, 0.25) is 5.78 Å². The van der Waals surface area contributed by atoms with E-state index in [4.69, 9.17) is 0 Å². The van der Waals surface area contributed by atoms with E-state index in [1.807, 2.05) is 66.7 Å². The number of aliphatic hydroxyl groups excluding tert-OH is 1. The number of phenolic OH excluding ortho intramolecular Hbond substituents is 3. The molecule has 0 aromatic heterocycles. The van der Waals surface area contributed by atoms with Gasteiger partial charge < -0.3 is 20.4 Å². The van der Waals surface area contributed by atoms with Crippen molar-refractivity contribution in [3.63, 3.8) is 0 Å². The average Bonchev–Trinajstić information content (AvgIpc) is 2.90. The van der Waals surface area contributed by atoms with Gasteiger partial charge in [-0.1, -0.05) is 91.0 Å². The molecule has 176 valence electrons. The first-order chi connectivity index (χ1) is 17.5. The van der Waals surface area contributed by atoms with E-state index in [0.717, 1.165) is 16.7 Å². The van der Waals surface area contributed by atoms with Gasteiger partial charge in [-0.3, -0.25) is 4.79 Å². The third-order valence-electron chi connectivity index (χ3n) is 6.13. The second kappa shape index (κ2) is 9.31. The van der Waals surface area contributed by atoms with Crippen LogP contribution in [0, 0.1) is 0 Å². The SMILES string of the molecule is O=C1C(O)=C(c2cc(O)c(O)c(O)c2)c2ccccc2/C1=C\C=C(c1ccccc1)c1ccccc1. The molecular weight excluding hydrogens is 452 g/mol. The molecule has 0 spiro atoms. The molecule has 5 nitrogen and oxygen atoms in total. The predicted molar refractivity (Wildman–Crippen MR) is 139 cm³/mol. The molecule has 0 bridgehead atoms. The Labute approximate surface area is 207 Å². The summed E-state index contributed by atoms with van der Waals surface area (Å²) < 4.78 is 0. The summed E-state index contributed by atoms with van der Waals surface area (Å²) in [5, 5.41) is 40.7. The maximum atomic E-state index is 13.4.